The zero-order valence-corrected chi connectivity index (χ0v) is 13.3. The largest absolute Gasteiger partial charge is 0.511 e. The number of carbonyl (C=O) groups is 1. The van der Waals surface area contributed by atoms with Crippen LogP contribution in [0.4, 0.5) is 19.3 Å². The molecule has 0 unspecified atom stereocenters. The van der Waals surface area contributed by atoms with E-state index in [1.807, 2.05) is 0 Å². The third-order valence-corrected chi connectivity index (χ3v) is 4.00. The summed E-state index contributed by atoms with van der Waals surface area (Å²) in [5, 5.41) is 11.5. The summed E-state index contributed by atoms with van der Waals surface area (Å²) in [6, 6.07) is 0.903. The Morgan fingerprint density at radius 2 is 2.04 bits per heavy atom. The number of nitrogens with one attached hydrogen (secondary N) is 2. The lowest BCUT2D eigenvalue weighted by Crippen LogP contribution is -2.44. The summed E-state index contributed by atoms with van der Waals surface area (Å²) >= 11 is 0. The molecule has 0 saturated carbocycles. The summed E-state index contributed by atoms with van der Waals surface area (Å²) in [5.74, 6) is -2.34. The minimum absolute atomic E-state index is 0.180. The van der Waals surface area contributed by atoms with Gasteiger partial charge in [0.05, 0.1) is 11.6 Å². The highest BCUT2D eigenvalue weighted by molar-refractivity contribution is 5.86. The molecule has 3 N–H and O–H groups in total. The van der Waals surface area contributed by atoms with E-state index in [1.54, 1.807) is 4.90 Å². The standard InChI is InChI=1S/C15H16F2N4O4/c1-18-21-7-10(25-15(23)24)14(22)8-6-9(16)13(11(17)12(8)21)20-4-2-19-3-5-20/h6-7,18-19H,2-5H2,1H3,(H,23,24). The van der Waals surface area contributed by atoms with Gasteiger partial charge < -0.3 is 25.5 Å². The van der Waals surface area contributed by atoms with Crippen LogP contribution in [0.1, 0.15) is 0 Å². The number of halogens is 2. The topological polar surface area (TPSA) is 95.8 Å². The van der Waals surface area contributed by atoms with E-state index in [-0.39, 0.29) is 16.6 Å². The zero-order chi connectivity index (χ0) is 18.1. The summed E-state index contributed by atoms with van der Waals surface area (Å²) in [5.41, 5.74) is 1.31. The normalized spacial score (nSPS) is 14.6. The maximum absolute atomic E-state index is 15.1. The molecule has 2 heterocycles. The van der Waals surface area contributed by atoms with Gasteiger partial charge in [0, 0.05) is 33.2 Å². The molecule has 1 aromatic carbocycles. The van der Waals surface area contributed by atoms with Crippen molar-refractivity contribution in [3.63, 3.8) is 0 Å². The SMILES string of the molecule is CNn1cc(OC(=O)O)c(=O)c2cc(F)c(N3CCNCC3)c(F)c21. The first kappa shape index (κ1) is 17.0. The van der Waals surface area contributed by atoms with Gasteiger partial charge in [-0.2, -0.15) is 0 Å². The molecule has 8 nitrogen and oxygen atoms in total. The quantitative estimate of drug-likeness (QED) is 0.706. The minimum Gasteiger partial charge on any atom is -0.449 e. The Morgan fingerprint density at radius 3 is 2.64 bits per heavy atom. The van der Waals surface area contributed by atoms with E-state index in [0.717, 1.165) is 16.9 Å². The van der Waals surface area contributed by atoms with Crippen LogP contribution in [-0.2, 0) is 0 Å². The maximum Gasteiger partial charge on any atom is 0.511 e. The molecule has 1 fully saturated rings. The van der Waals surface area contributed by atoms with Crippen molar-refractivity contribution in [2.45, 2.75) is 0 Å². The van der Waals surface area contributed by atoms with Crippen molar-refractivity contribution in [1.29, 1.82) is 0 Å². The molecule has 1 aliphatic heterocycles. The van der Waals surface area contributed by atoms with Crippen molar-refractivity contribution < 1.29 is 23.4 Å². The van der Waals surface area contributed by atoms with Crippen LogP contribution in [0.2, 0.25) is 0 Å². The average molecular weight is 354 g/mol. The van der Waals surface area contributed by atoms with Crippen molar-refractivity contribution >= 4 is 22.7 Å². The third-order valence-electron chi connectivity index (χ3n) is 4.00. The predicted molar refractivity (Wildman–Crippen MR) is 87.1 cm³/mol. The highest BCUT2D eigenvalue weighted by atomic mass is 19.1. The Kier molecular flexibility index (Phi) is 4.45. The van der Waals surface area contributed by atoms with E-state index in [4.69, 9.17) is 5.11 Å². The molecule has 25 heavy (non-hydrogen) atoms. The number of piperazine rings is 1. The van der Waals surface area contributed by atoms with Gasteiger partial charge in [0.1, 0.15) is 17.0 Å². The molecule has 0 spiro atoms. The minimum atomic E-state index is -1.70. The molecule has 1 saturated heterocycles. The van der Waals surface area contributed by atoms with E-state index in [2.05, 4.69) is 15.5 Å². The first-order valence-corrected chi connectivity index (χ1v) is 7.55. The second-order valence-electron chi connectivity index (χ2n) is 5.44. The second-order valence-corrected chi connectivity index (χ2v) is 5.44. The van der Waals surface area contributed by atoms with Gasteiger partial charge in [0.15, 0.2) is 5.82 Å². The molecule has 0 atom stereocenters. The van der Waals surface area contributed by atoms with Gasteiger partial charge in [-0.05, 0) is 6.07 Å². The van der Waals surface area contributed by atoms with Crippen molar-refractivity contribution in [1.82, 2.24) is 9.99 Å². The van der Waals surface area contributed by atoms with Crippen LogP contribution in [0.15, 0.2) is 17.1 Å². The summed E-state index contributed by atoms with van der Waals surface area (Å²) < 4.78 is 35.1. The number of carboxylic acid groups (broad SMARTS) is 1. The molecule has 10 heteroatoms. The van der Waals surface area contributed by atoms with Crippen LogP contribution in [-0.4, -0.2) is 49.2 Å². The lowest BCUT2D eigenvalue weighted by atomic mass is 10.1. The van der Waals surface area contributed by atoms with Gasteiger partial charge in [0.2, 0.25) is 11.2 Å². The Labute approximate surface area is 140 Å². The lowest BCUT2D eigenvalue weighted by Gasteiger charge is -2.30. The fourth-order valence-corrected chi connectivity index (χ4v) is 2.90. The van der Waals surface area contributed by atoms with E-state index < -0.39 is 29.0 Å². The molecule has 1 aromatic heterocycles. The number of nitrogens with zero attached hydrogens (tertiary/aromatic N) is 2. The van der Waals surface area contributed by atoms with Gasteiger partial charge in [-0.3, -0.25) is 9.47 Å². The number of ether oxygens (including phenoxy) is 1. The highest BCUT2D eigenvalue weighted by Gasteiger charge is 2.25. The Morgan fingerprint density at radius 1 is 1.36 bits per heavy atom. The summed E-state index contributed by atoms with van der Waals surface area (Å²) in [4.78, 5) is 24.6. The molecule has 0 aliphatic carbocycles. The Hall–Kier alpha value is -2.88. The number of aromatic nitrogens is 1. The van der Waals surface area contributed by atoms with Gasteiger partial charge in [-0.1, -0.05) is 0 Å². The second kappa shape index (κ2) is 6.55. The number of hydrogen-bond donors (Lipinski definition) is 3. The fraction of sp³-hybridized carbons (Fsp3) is 0.333. The monoisotopic (exact) mass is 354 g/mol. The van der Waals surface area contributed by atoms with Crippen LogP contribution in [0.3, 0.4) is 0 Å². The third kappa shape index (κ3) is 2.95. The Balaban J connectivity index is 2.27. The fourth-order valence-electron chi connectivity index (χ4n) is 2.90. The number of pyridine rings is 1. The first-order valence-electron chi connectivity index (χ1n) is 7.55. The highest BCUT2D eigenvalue weighted by Crippen LogP contribution is 2.30. The molecule has 0 amide bonds. The molecule has 0 radical (unpaired) electrons. The summed E-state index contributed by atoms with van der Waals surface area (Å²) in [6.07, 6.45) is -0.682. The number of fused-ring (bicyclic) bond motifs is 1. The lowest BCUT2D eigenvalue weighted by molar-refractivity contribution is 0.144. The van der Waals surface area contributed by atoms with Gasteiger partial charge in [0.25, 0.3) is 0 Å². The van der Waals surface area contributed by atoms with Crippen LogP contribution in [0.25, 0.3) is 10.9 Å². The van der Waals surface area contributed by atoms with E-state index in [0.29, 0.717) is 26.2 Å². The number of rotatable bonds is 3. The van der Waals surface area contributed by atoms with Gasteiger partial charge in [-0.25, -0.2) is 13.6 Å². The smallest absolute Gasteiger partial charge is 0.449 e. The summed E-state index contributed by atoms with van der Waals surface area (Å²) in [6.45, 7) is 2.01. The van der Waals surface area contributed by atoms with Crippen LogP contribution in [0, 0.1) is 11.6 Å². The first-order chi connectivity index (χ1) is 11.9. The predicted octanol–water partition coefficient (Wildman–Crippen LogP) is 0.919. The van der Waals surface area contributed by atoms with Crippen molar-refractivity contribution in [3.05, 3.63) is 34.1 Å². The maximum atomic E-state index is 15.1. The van der Waals surface area contributed by atoms with Gasteiger partial charge in [-0.15, -0.1) is 0 Å². The van der Waals surface area contributed by atoms with E-state index in [9.17, 15) is 14.0 Å². The van der Waals surface area contributed by atoms with Crippen molar-refractivity contribution in [2.75, 3.05) is 43.6 Å². The molecule has 3 rings (SSSR count). The molecule has 1 aliphatic rings. The molecular formula is C15H16F2N4O4. The van der Waals surface area contributed by atoms with E-state index >= 15 is 4.39 Å². The molecule has 2 aromatic rings. The number of benzene rings is 1. The zero-order valence-electron chi connectivity index (χ0n) is 13.3. The van der Waals surface area contributed by atoms with Crippen LogP contribution < -0.4 is 25.8 Å². The average Bonchev–Trinajstić information content (AvgIpc) is 2.58. The molecule has 134 valence electrons. The molecule has 0 bridgehead atoms. The van der Waals surface area contributed by atoms with Gasteiger partial charge >= 0.3 is 6.16 Å². The van der Waals surface area contributed by atoms with Crippen LogP contribution >= 0.6 is 0 Å². The van der Waals surface area contributed by atoms with Crippen molar-refractivity contribution in [3.8, 4) is 5.75 Å². The molecular weight excluding hydrogens is 338 g/mol. The Bertz CT molecular complexity index is 893. The van der Waals surface area contributed by atoms with Crippen molar-refractivity contribution in [2.24, 2.45) is 0 Å². The summed E-state index contributed by atoms with van der Waals surface area (Å²) in [7, 11) is 1.45. The number of anilines is 1. The van der Waals surface area contributed by atoms with E-state index in [1.165, 1.54) is 7.05 Å². The van der Waals surface area contributed by atoms with Crippen LogP contribution in [0.5, 0.6) is 5.75 Å². The number of hydrogen-bond acceptors (Lipinski definition) is 6.